The molecule has 15 heavy (non-hydrogen) atoms. The van der Waals surface area contributed by atoms with E-state index < -0.39 is 0 Å². The molecule has 0 heterocycles. The fourth-order valence-electron chi connectivity index (χ4n) is 1.13. The smallest absolute Gasteiger partial charge is 0.151 e. The normalized spacial score (nSPS) is 10.0. The van der Waals surface area contributed by atoms with Gasteiger partial charge in [-0.05, 0) is 37.6 Å². The van der Waals surface area contributed by atoms with Crippen molar-refractivity contribution in [1.82, 2.24) is 0 Å². The summed E-state index contributed by atoms with van der Waals surface area (Å²) in [7, 11) is 0. The molecular weight excluding hydrogens is 214 g/mol. The molecule has 0 aliphatic carbocycles. The topological polar surface area (TPSA) is 52.3 Å². The van der Waals surface area contributed by atoms with Crippen LogP contribution in [0.4, 0.5) is 0 Å². The number of carbonyl (C=O) groups is 1. The van der Waals surface area contributed by atoms with Crippen molar-refractivity contribution in [3.8, 4) is 5.75 Å². The first-order valence-electron chi connectivity index (χ1n) is 4.85. The summed E-state index contributed by atoms with van der Waals surface area (Å²) in [6.07, 6.45) is 2.59. The van der Waals surface area contributed by atoms with E-state index in [0.29, 0.717) is 29.5 Å². The molecule has 0 aromatic heterocycles. The highest BCUT2D eigenvalue weighted by Crippen LogP contribution is 2.21. The van der Waals surface area contributed by atoms with E-state index in [4.69, 9.17) is 22.1 Å². The molecule has 0 fully saturated rings. The summed E-state index contributed by atoms with van der Waals surface area (Å²) in [6, 6.07) is 5.03. The zero-order valence-corrected chi connectivity index (χ0v) is 9.17. The minimum atomic E-state index is 0.418. The van der Waals surface area contributed by atoms with E-state index in [0.717, 1.165) is 19.1 Å². The molecule has 0 amide bonds. The molecule has 0 saturated heterocycles. The number of ether oxygens (including phenoxy) is 1. The van der Waals surface area contributed by atoms with Gasteiger partial charge in [0.05, 0.1) is 11.6 Å². The van der Waals surface area contributed by atoms with Crippen molar-refractivity contribution in [1.29, 1.82) is 0 Å². The standard InChI is InChI=1S/C11H14ClNO2/c12-11-7-10(4-3-9(11)8-14)15-6-2-1-5-13/h3-4,7-8H,1-2,5-6,13H2. The maximum atomic E-state index is 10.5. The molecule has 2 N–H and O–H groups in total. The Kier molecular flexibility index (Phi) is 5.15. The predicted octanol–water partition coefficient (Wildman–Crippen LogP) is 2.27. The lowest BCUT2D eigenvalue weighted by Crippen LogP contribution is -2.03. The first kappa shape index (κ1) is 12.0. The van der Waals surface area contributed by atoms with Crippen LogP contribution in [0.1, 0.15) is 23.2 Å². The van der Waals surface area contributed by atoms with Crippen LogP contribution in [0.5, 0.6) is 5.75 Å². The van der Waals surface area contributed by atoms with Gasteiger partial charge in [-0.15, -0.1) is 0 Å². The zero-order chi connectivity index (χ0) is 11.1. The molecule has 0 spiro atoms. The highest BCUT2D eigenvalue weighted by Gasteiger charge is 2.01. The lowest BCUT2D eigenvalue weighted by Gasteiger charge is -2.06. The lowest BCUT2D eigenvalue weighted by molar-refractivity contribution is 0.112. The molecule has 3 nitrogen and oxygen atoms in total. The summed E-state index contributed by atoms with van der Waals surface area (Å²) in [6.45, 7) is 1.29. The molecule has 82 valence electrons. The van der Waals surface area contributed by atoms with Crippen LogP contribution in [-0.4, -0.2) is 19.4 Å². The third-order valence-corrected chi connectivity index (χ3v) is 2.29. The van der Waals surface area contributed by atoms with Crippen molar-refractivity contribution < 1.29 is 9.53 Å². The fraction of sp³-hybridized carbons (Fsp3) is 0.364. The number of rotatable bonds is 6. The Morgan fingerprint density at radius 1 is 1.40 bits per heavy atom. The predicted molar refractivity (Wildman–Crippen MR) is 60.6 cm³/mol. The largest absolute Gasteiger partial charge is 0.494 e. The Labute approximate surface area is 94.2 Å². The summed E-state index contributed by atoms with van der Waals surface area (Å²) >= 11 is 5.84. The second-order valence-corrected chi connectivity index (χ2v) is 3.55. The summed E-state index contributed by atoms with van der Waals surface area (Å²) in [5, 5.41) is 0.418. The van der Waals surface area contributed by atoms with Crippen molar-refractivity contribution in [2.45, 2.75) is 12.8 Å². The van der Waals surface area contributed by atoms with Crippen LogP contribution in [0.3, 0.4) is 0 Å². The zero-order valence-electron chi connectivity index (χ0n) is 8.41. The number of benzene rings is 1. The number of nitrogens with two attached hydrogens (primary N) is 1. The van der Waals surface area contributed by atoms with Gasteiger partial charge >= 0.3 is 0 Å². The van der Waals surface area contributed by atoms with Gasteiger partial charge in [0.1, 0.15) is 5.75 Å². The van der Waals surface area contributed by atoms with E-state index >= 15 is 0 Å². The maximum Gasteiger partial charge on any atom is 0.151 e. The van der Waals surface area contributed by atoms with Gasteiger partial charge in [-0.25, -0.2) is 0 Å². The number of unbranched alkanes of at least 4 members (excludes halogenated alkanes) is 1. The van der Waals surface area contributed by atoms with Gasteiger partial charge in [-0.2, -0.15) is 0 Å². The first-order chi connectivity index (χ1) is 7.27. The number of hydrogen-bond donors (Lipinski definition) is 1. The van der Waals surface area contributed by atoms with E-state index in [-0.39, 0.29) is 0 Å². The number of aldehydes is 1. The Bertz CT molecular complexity index is 328. The van der Waals surface area contributed by atoms with Crippen LogP contribution in [0, 0.1) is 0 Å². The van der Waals surface area contributed by atoms with Gasteiger partial charge in [0.15, 0.2) is 6.29 Å². The van der Waals surface area contributed by atoms with Crippen LogP contribution < -0.4 is 10.5 Å². The quantitative estimate of drug-likeness (QED) is 0.599. The van der Waals surface area contributed by atoms with Crippen molar-refractivity contribution in [3.05, 3.63) is 28.8 Å². The van der Waals surface area contributed by atoms with Gasteiger partial charge in [0.2, 0.25) is 0 Å². The molecule has 0 unspecified atom stereocenters. The van der Waals surface area contributed by atoms with Gasteiger partial charge in [0.25, 0.3) is 0 Å². The lowest BCUT2D eigenvalue weighted by atomic mass is 10.2. The molecule has 4 heteroatoms. The van der Waals surface area contributed by atoms with E-state index in [9.17, 15) is 4.79 Å². The molecule has 1 aromatic carbocycles. The van der Waals surface area contributed by atoms with Crippen LogP contribution in [-0.2, 0) is 0 Å². The van der Waals surface area contributed by atoms with Crippen LogP contribution in [0.2, 0.25) is 5.02 Å². The molecule has 0 saturated carbocycles. The summed E-state index contributed by atoms with van der Waals surface area (Å²) in [5.74, 6) is 0.683. The second kappa shape index (κ2) is 6.43. The first-order valence-corrected chi connectivity index (χ1v) is 5.23. The van der Waals surface area contributed by atoms with Gasteiger partial charge in [-0.3, -0.25) is 4.79 Å². The molecule has 1 rings (SSSR count). The van der Waals surface area contributed by atoms with Crippen molar-refractivity contribution in [2.24, 2.45) is 5.73 Å². The van der Waals surface area contributed by atoms with Crippen molar-refractivity contribution in [3.63, 3.8) is 0 Å². The van der Waals surface area contributed by atoms with Gasteiger partial charge in [0, 0.05) is 5.56 Å². The van der Waals surface area contributed by atoms with E-state index in [1.165, 1.54) is 0 Å². The highest BCUT2D eigenvalue weighted by atomic mass is 35.5. The Morgan fingerprint density at radius 3 is 2.80 bits per heavy atom. The molecule has 0 aliphatic heterocycles. The summed E-state index contributed by atoms with van der Waals surface area (Å²) in [5.41, 5.74) is 5.83. The van der Waals surface area contributed by atoms with Crippen molar-refractivity contribution >= 4 is 17.9 Å². The monoisotopic (exact) mass is 227 g/mol. The fourth-order valence-corrected chi connectivity index (χ4v) is 1.34. The molecule has 0 atom stereocenters. The van der Waals surface area contributed by atoms with E-state index in [1.54, 1.807) is 18.2 Å². The summed E-state index contributed by atoms with van der Waals surface area (Å²) < 4.78 is 5.43. The number of carbonyl (C=O) groups excluding carboxylic acids is 1. The van der Waals surface area contributed by atoms with Gasteiger partial charge < -0.3 is 10.5 Å². The summed E-state index contributed by atoms with van der Waals surface area (Å²) in [4.78, 5) is 10.5. The third-order valence-electron chi connectivity index (χ3n) is 1.97. The third kappa shape index (κ3) is 3.90. The maximum absolute atomic E-state index is 10.5. The Morgan fingerprint density at radius 2 is 2.20 bits per heavy atom. The molecule has 0 aliphatic rings. The van der Waals surface area contributed by atoms with Crippen molar-refractivity contribution in [2.75, 3.05) is 13.2 Å². The molecule has 0 bridgehead atoms. The highest BCUT2D eigenvalue weighted by molar-refractivity contribution is 6.33. The molecule has 0 radical (unpaired) electrons. The van der Waals surface area contributed by atoms with Gasteiger partial charge in [-0.1, -0.05) is 11.6 Å². The van der Waals surface area contributed by atoms with Crippen LogP contribution >= 0.6 is 11.6 Å². The van der Waals surface area contributed by atoms with E-state index in [1.807, 2.05) is 0 Å². The van der Waals surface area contributed by atoms with E-state index in [2.05, 4.69) is 0 Å². The van der Waals surface area contributed by atoms with Crippen LogP contribution in [0.25, 0.3) is 0 Å². The molecule has 1 aromatic rings. The number of halogens is 1. The minimum Gasteiger partial charge on any atom is -0.494 e. The second-order valence-electron chi connectivity index (χ2n) is 3.15. The Hall–Kier alpha value is -1.06. The average molecular weight is 228 g/mol. The average Bonchev–Trinajstić information content (AvgIpc) is 2.25. The Balaban J connectivity index is 2.48. The van der Waals surface area contributed by atoms with Crippen LogP contribution in [0.15, 0.2) is 18.2 Å². The SMILES string of the molecule is NCCCCOc1ccc(C=O)c(Cl)c1. The number of hydrogen-bond acceptors (Lipinski definition) is 3. The minimum absolute atomic E-state index is 0.418. The molecular formula is C11H14ClNO2.